The van der Waals surface area contributed by atoms with Gasteiger partial charge in [-0.25, -0.2) is 4.39 Å². The third-order valence-corrected chi connectivity index (χ3v) is 3.31. The van der Waals surface area contributed by atoms with Gasteiger partial charge in [0.1, 0.15) is 5.82 Å². The van der Waals surface area contributed by atoms with Crippen LogP contribution in [0.3, 0.4) is 0 Å². The van der Waals surface area contributed by atoms with Gasteiger partial charge in [-0.3, -0.25) is 4.79 Å². The summed E-state index contributed by atoms with van der Waals surface area (Å²) in [6, 6.07) is 4.16. The van der Waals surface area contributed by atoms with E-state index < -0.39 is 5.82 Å². The Kier molecular flexibility index (Phi) is 6.44. The molecule has 5 heteroatoms. The van der Waals surface area contributed by atoms with Crippen LogP contribution in [0.15, 0.2) is 23.1 Å². The minimum absolute atomic E-state index is 0.176. The smallest absolute Gasteiger partial charge is 0.251 e. The van der Waals surface area contributed by atoms with Gasteiger partial charge in [0, 0.05) is 17.0 Å². The van der Waals surface area contributed by atoms with Crippen molar-refractivity contribution in [3.63, 3.8) is 0 Å². The summed E-state index contributed by atoms with van der Waals surface area (Å²) >= 11 is 5.74. The molecule has 0 aliphatic heterocycles. The molecule has 0 aliphatic rings. The standard InChI is InChI=1S/C12H16FNOS2/c1-17-7-3-2-6-14-12(15)9-4-5-10(13)11(16)8-9/h4-5,8,16H,2-3,6-7H2,1H3,(H,14,15). The molecule has 0 radical (unpaired) electrons. The Balaban J connectivity index is 2.39. The second-order valence-corrected chi connectivity index (χ2v) is 5.09. The number of rotatable bonds is 6. The summed E-state index contributed by atoms with van der Waals surface area (Å²) in [5.41, 5.74) is 0.446. The van der Waals surface area contributed by atoms with Crippen molar-refractivity contribution in [2.24, 2.45) is 0 Å². The summed E-state index contributed by atoms with van der Waals surface area (Å²) in [7, 11) is 0. The molecular weight excluding hydrogens is 257 g/mol. The predicted molar refractivity (Wildman–Crippen MR) is 73.6 cm³/mol. The molecule has 0 atom stereocenters. The van der Waals surface area contributed by atoms with Crippen LogP contribution in [0.1, 0.15) is 23.2 Å². The Morgan fingerprint density at radius 2 is 2.24 bits per heavy atom. The van der Waals surface area contributed by atoms with Crippen molar-refractivity contribution in [3.8, 4) is 0 Å². The van der Waals surface area contributed by atoms with E-state index in [1.807, 2.05) is 0 Å². The molecule has 1 amide bonds. The fourth-order valence-electron chi connectivity index (χ4n) is 1.33. The van der Waals surface area contributed by atoms with E-state index in [-0.39, 0.29) is 10.8 Å². The van der Waals surface area contributed by atoms with Crippen molar-refractivity contribution in [2.45, 2.75) is 17.7 Å². The Labute approximate surface area is 111 Å². The molecule has 94 valence electrons. The van der Waals surface area contributed by atoms with Gasteiger partial charge in [-0.15, -0.1) is 12.6 Å². The maximum absolute atomic E-state index is 12.9. The zero-order valence-corrected chi connectivity index (χ0v) is 11.4. The number of unbranched alkanes of at least 4 members (excludes halogenated alkanes) is 1. The monoisotopic (exact) mass is 273 g/mol. The molecule has 0 spiro atoms. The van der Waals surface area contributed by atoms with Gasteiger partial charge >= 0.3 is 0 Å². The van der Waals surface area contributed by atoms with E-state index >= 15 is 0 Å². The number of carbonyl (C=O) groups is 1. The third kappa shape index (κ3) is 5.00. The minimum Gasteiger partial charge on any atom is -0.352 e. The van der Waals surface area contributed by atoms with Crippen molar-refractivity contribution in [1.29, 1.82) is 0 Å². The van der Waals surface area contributed by atoms with Crippen LogP contribution in [-0.2, 0) is 0 Å². The summed E-state index contributed by atoms with van der Waals surface area (Å²) in [4.78, 5) is 11.9. The highest BCUT2D eigenvalue weighted by molar-refractivity contribution is 7.98. The topological polar surface area (TPSA) is 29.1 Å². The van der Waals surface area contributed by atoms with Crippen LogP contribution in [0.25, 0.3) is 0 Å². The number of thioether (sulfide) groups is 1. The molecule has 1 aromatic rings. The Morgan fingerprint density at radius 1 is 1.47 bits per heavy atom. The number of hydrogen-bond donors (Lipinski definition) is 2. The molecule has 2 nitrogen and oxygen atoms in total. The van der Waals surface area contributed by atoms with Crippen LogP contribution < -0.4 is 5.32 Å². The summed E-state index contributed by atoms with van der Waals surface area (Å²) in [6.45, 7) is 0.651. The normalized spacial score (nSPS) is 10.3. The lowest BCUT2D eigenvalue weighted by Gasteiger charge is -2.05. The average Bonchev–Trinajstić information content (AvgIpc) is 2.32. The lowest BCUT2D eigenvalue weighted by molar-refractivity contribution is 0.0953. The molecule has 1 rings (SSSR count). The van der Waals surface area contributed by atoms with E-state index in [1.165, 1.54) is 18.2 Å². The molecule has 0 saturated carbocycles. The Morgan fingerprint density at radius 3 is 2.88 bits per heavy atom. The van der Waals surface area contributed by atoms with Crippen molar-refractivity contribution >= 4 is 30.3 Å². The van der Waals surface area contributed by atoms with E-state index in [9.17, 15) is 9.18 Å². The number of nitrogens with one attached hydrogen (secondary N) is 1. The molecule has 0 aromatic heterocycles. The zero-order chi connectivity index (χ0) is 12.7. The molecule has 0 fully saturated rings. The fraction of sp³-hybridized carbons (Fsp3) is 0.417. The molecule has 0 aliphatic carbocycles. The van der Waals surface area contributed by atoms with Crippen molar-refractivity contribution in [1.82, 2.24) is 5.32 Å². The number of hydrogen-bond acceptors (Lipinski definition) is 3. The SMILES string of the molecule is CSCCCCNC(=O)c1ccc(F)c(S)c1. The highest BCUT2D eigenvalue weighted by Crippen LogP contribution is 2.14. The van der Waals surface area contributed by atoms with Crippen LogP contribution in [-0.4, -0.2) is 24.5 Å². The Hall–Kier alpha value is -0.680. The summed E-state index contributed by atoms with van der Waals surface area (Å²) in [5.74, 6) is 0.516. The van der Waals surface area contributed by atoms with Crippen LogP contribution in [0.2, 0.25) is 0 Å². The first-order valence-corrected chi connectivity index (χ1v) is 7.25. The second kappa shape index (κ2) is 7.61. The molecule has 1 N–H and O–H groups in total. The maximum Gasteiger partial charge on any atom is 0.251 e. The van der Waals surface area contributed by atoms with E-state index in [2.05, 4.69) is 24.2 Å². The van der Waals surface area contributed by atoms with Gasteiger partial charge in [0.25, 0.3) is 5.91 Å². The second-order valence-electron chi connectivity index (χ2n) is 3.62. The fourth-order valence-corrected chi connectivity index (χ4v) is 2.04. The van der Waals surface area contributed by atoms with Crippen LogP contribution in [0.5, 0.6) is 0 Å². The first-order chi connectivity index (χ1) is 8.15. The highest BCUT2D eigenvalue weighted by atomic mass is 32.2. The van der Waals surface area contributed by atoms with Crippen LogP contribution in [0.4, 0.5) is 4.39 Å². The number of carbonyl (C=O) groups excluding carboxylic acids is 1. The van der Waals surface area contributed by atoms with E-state index in [0.29, 0.717) is 12.1 Å². The van der Waals surface area contributed by atoms with Gasteiger partial charge in [0.05, 0.1) is 0 Å². The summed E-state index contributed by atoms with van der Waals surface area (Å²) in [6.07, 6.45) is 4.11. The molecule has 0 bridgehead atoms. The first kappa shape index (κ1) is 14.4. The quantitative estimate of drug-likeness (QED) is 0.616. The maximum atomic E-state index is 12.9. The molecule has 1 aromatic carbocycles. The van der Waals surface area contributed by atoms with Gasteiger partial charge in [-0.05, 0) is 43.0 Å². The number of halogens is 1. The van der Waals surface area contributed by atoms with E-state index in [1.54, 1.807) is 11.8 Å². The van der Waals surface area contributed by atoms with Gasteiger partial charge in [0.15, 0.2) is 0 Å². The lowest BCUT2D eigenvalue weighted by Crippen LogP contribution is -2.24. The van der Waals surface area contributed by atoms with Crippen LogP contribution >= 0.6 is 24.4 Å². The molecule has 0 unspecified atom stereocenters. The third-order valence-electron chi connectivity index (χ3n) is 2.27. The van der Waals surface area contributed by atoms with E-state index in [0.717, 1.165) is 18.6 Å². The van der Waals surface area contributed by atoms with Gasteiger partial charge in [0.2, 0.25) is 0 Å². The number of benzene rings is 1. The van der Waals surface area contributed by atoms with Crippen molar-refractivity contribution < 1.29 is 9.18 Å². The first-order valence-electron chi connectivity index (χ1n) is 5.41. The zero-order valence-electron chi connectivity index (χ0n) is 9.70. The molecule has 17 heavy (non-hydrogen) atoms. The van der Waals surface area contributed by atoms with Crippen molar-refractivity contribution in [2.75, 3.05) is 18.6 Å². The summed E-state index contributed by atoms with van der Waals surface area (Å²) < 4.78 is 12.9. The number of thiol groups is 1. The minimum atomic E-state index is -0.412. The predicted octanol–water partition coefficient (Wildman–Crippen LogP) is 2.99. The Bertz CT molecular complexity index is 385. The van der Waals surface area contributed by atoms with E-state index in [4.69, 9.17) is 0 Å². The average molecular weight is 273 g/mol. The number of amides is 1. The van der Waals surface area contributed by atoms with Gasteiger partial charge < -0.3 is 5.32 Å². The molecule has 0 saturated heterocycles. The van der Waals surface area contributed by atoms with Gasteiger partial charge in [-0.2, -0.15) is 11.8 Å². The molecular formula is C12H16FNOS2. The van der Waals surface area contributed by atoms with Crippen molar-refractivity contribution in [3.05, 3.63) is 29.6 Å². The highest BCUT2D eigenvalue weighted by Gasteiger charge is 2.07. The summed E-state index contributed by atoms with van der Waals surface area (Å²) in [5, 5.41) is 2.80. The van der Waals surface area contributed by atoms with Crippen LogP contribution in [0, 0.1) is 5.82 Å². The molecule has 0 heterocycles. The largest absolute Gasteiger partial charge is 0.352 e. The van der Waals surface area contributed by atoms with Gasteiger partial charge in [-0.1, -0.05) is 0 Å². The lowest BCUT2D eigenvalue weighted by atomic mass is 10.2.